The maximum absolute atomic E-state index is 11.0. The van der Waals surface area contributed by atoms with Crippen LogP contribution in [-0.2, 0) is 9.53 Å². The van der Waals surface area contributed by atoms with Gasteiger partial charge in [0.05, 0.1) is 12.2 Å². The molecule has 0 radical (unpaired) electrons. The maximum atomic E-state index is 11.0. The van der Waals surface area contributed by atoms with Gasteiger partial charge in [-0.1, -0.05) is 18.7 Å². The van der Waals surface area contributed by atoms with Crippen LogP contribution in [0.1, 0.15) is 26.2 Å². The van der Waals surface area contributed by atoms with E-state index in [-0.39, 0.29) is 17.7 Å². The molecule has 4 nitrogen and oxygen atoms in total. The number of thioether (sulfide) groups is 1. The van der Waals surface area contributed by atoms with Crippen LogP contribution in [0.4, 0.5) is 0 Å². The Kier molecular flexibility index (Phi) is 4.47. The van der Waals surface area contributed by atoms with Crippen LogP contribution in [0.3, 0.4) is 0 Å². The van der Waals surface area contributed by atoms with E-state index in [1.54, 1.807) is 0 Å². The van der Waals surface area contributed by atoms with Crippen molar-refractivity contribution < 1.29 is 19.7 Å². The highest BCUT2D eigenvalue weighted by Gasteiger charge is 2.31. The molecule has 0 saturated heterocycles. The lowest BCUT2D eigenvalue weighted by Gasteiger charge is -2.18. The summed E-state index contributed by atoms with van der Waals surface area (Å²) >= 11 is 1.20. The van der Waals surface area contributed by atoms with Gasteiger partial charge < -0.3 is 14.9 Å². The molecule has 0 aromatic carbocycles. The van der Waals surface area contributed by atoms with E-state index >= 15 is 0 Å². The number of rotatable bonds is 5. The lowest BCUT2D eigenvalue weighted by molar-refractivity contribution is -0.144. The summed E-state index contributed by atoms with van der Waals surface area (Å²) in [5.41, 5.74) is -1.03. The molecule has 0 fully saturated rings. The fourth-order valence-corrected chi connectivity index (χ4v) is 2.20. The molecule has 0 bridgehead atoms. The van der Waals surface area contributed by atoms with Crippen molar-refractivity contribution in [2.24, 2.45) is 0 Å². The molecule has 0 saturated carbocycles. The van der Waals surface area contributed by atoms with E-state index in [0.29, 0.717) is 18.6 Å². The first-order valence-electron chi connectivity index (χ1n) is 4.98. The average molecular weight is 232 g/mol. The van der Waals surface area contributed by atoms with Crippen LogP contribution in [0.5, 0.6) is 0 Å². The normalized spacial score (nSPS) is 25.1. The summed E-state index contributed by atoms with van der Waals surface area (Å²) in [5, 5.41) is 19.1. The van der Waals surface area contributed by atoms with E-state index < -0.39 is 5.60 Å². The molecule has 1 aliphatic heterocycles. The summed E-state index contributed by atoms with van der Waals surface area (Å²) in [7, 11) is 0. The Morgan fingerprint density at radius 2 is 2.47 bits per heavy atom. The summed E-state index contributed by atoms with van der Waals surface area (Å²) in [6.45, 7) is 2.10. The van der Waals surface area contributed by atoms with Crippen LogP contribution >= 0.6 is 11.8 Å². The molecule has 15 heavy (non-hydrogen) atoms. The predicted molar refractivity (Wildman–Crippen MR) is 58.6 cm³/mol. The summed E-state index contributed by atoms with van der Waals surface area (Å²) in [5.74, 6) is 0.185. The van der Waals surface area contributed by atoms with Crippen molar-refractivity contribution >= 4 is 17.7 Å². The smallest absolute Gasteiger partial charge is 0.305 e. The standard InChI is InChI=1S/C10H16O4S/c1-2-3-8(11)14-5-4-10(13)6-9(12)15-7-10/h6,12-13H,2-5,7H2,1H3. The molecule has 1 unspecified atom stereocenters. The molecule has 0 spiro atoms. The minimum Gasteiger partial charge on any atom is -0.502 e. The molecule has 86 valence electrons. The van der Waals surface area contributed by atoms with Gasteiger partial charge >= 0.3 is 5.97 Å². The van der Waals surface area contributed by atoms with E-state index in [0.717, 1.165) is 6.42 Å². The lowest BCUT2D eigenvalue weighted by atomic mass is 10.0. The largest absolute Gasteiger partial charge is 0.502 e. The maximum Gasteiger partial charge on any atom is 0.305 e. The fraction of sp³-hybridized carbons (Fsp3) is 0.700. The molecule has 1 atom stereocenters. The minimum atomic E-state index is -1.03. The highest BCUT2D eigenvalue weighted by atomic mass is 32.2. The molecule has 0 aromatic heterocycles. The quantitative estimate of drug-likeness (QED) is 0.705. The summed E-state index contributed by atoms with van der Waals surface area (Å²) in [6.07, 6.45) is 2.92. The molecule has 1 rings (SSSR count). The van der Waals surface area contributed by atoms with Crippen molar-refractivity contribution in [3.8, 4) is 0 Å². The second-order valence-corrected chi connectivity index (χ2v) is 4.59. The highest BCUT2D eigenvalue weighted by molar-refractivity contribution is 8.03. The Morgan fingerprint density at radius 1 is 1.73 bits per heavy atom. The first kappa shape index (κ1) is 12.4. The van der Waals surface area contributed by atoms with Gasteiger partial charge in [0.25, 0.3) is 0 Å². The van der Waals surface area contributed by atoms with Crippen molar-refractivity contribution in [3.05, 3.63) is 11.2 Å². The molecule has 1 heterocycles. The van der Waals surface area contributed by atoms with Crippen molar-refractivity contribution in [1.82, 2.24) is 0 Å². The van der Waals surface area contributed by atoms with E-state index in [2.05, 4.69) is 0 Å². The SMILES string of the molecule is CCCC(=O)OCCC1(O)C=C(O)SC1. The molecular formula is C10H16O4S. The van der Waals surface area contributed by atoms with E-state index in [4.69, 9.17) is 9.84 Å². The van der Waals surface area contributed by atoms with Gasteiger partial charge in [-0.15, -0.1) is 0 Å². The van der Waals surface area contributed by atoms with Gasteiger partial charge in [-0.2, -0.15) is 0 Å². The summed E-state index contributed by atoms with van der Waals surface area (Å²) in [4.78, 5) is 11.0. The molecule has 2 N–H and O–H groups in total. The van der Waals surface area contributed by atoms with E-state index in [1.165, 1.54) is 17.8 Å². The number of aliphatic hydroxyl groups excluding tert-OH is 1. The van der Waals surface area contributed by atoms with Gasteiger partial charge in [0.2, 0.25) is 0 Å². The highest BCUT2D eigenvalue weighted by Crippen LogP contribution is 2.32. The second-order valence-electron chi connectivity index (χ2n) is 3.60. The minimum absolute atomic E-state index is 0.136. The van der Waals surface area contributed by atoms with Crippen LogP contribution in [0.2, 0.25) is 0 Å². The Balaban J connectivity index is 2.23. The third-order valence-corrected chi connectivity index (χ3v) is 3.17. The van der Waals surface area contributed by atoms with E-state index in [1.807, 2.05) is 6.92 Å². The first-order chi connectivity index (χ1) is 7.06. The Hall–Kier alpha value is -0.680. The molecule has 1 aliphatic rings. The number of esters is 1. The third kappa shape index (κ3) is 4.13. The van der Waals surface area contributed by atoms with Crippen LogP contribution in [0.25, 0.3) is 0 Å². The van der Waals surface area contributed by atoms with Gasteiger partial charge in [-0.25, -0.2) is 0 Å². The fourth-order valence-electron chi connectivity index (χ4n) is 1.27. The van der Waals surface area contributed by atoms with E-state index in [9.17, 15) is 9.90 Å². The molecule has 5 heteroatoms. The van der Waals surface area contributed by atoms with Gasteiger partial charge in [0.1, 0.15) is 5.09 Å². The zero-order valence-electron chi connectivity index (χ0n) is 8.73. The lowest BCUT2D eigenvalue weighted by Crippen LogP contribution is -2.28. The molecular weight excluding hydrogens is 216 g/mol. The van der Waals surface area contributed by atoms with Gasteiger partial charge in [-0.3, -0.25) is 4.79 Å². The summed E-state index contributed by atoms with van der Waals surface area (Å²) in [6, 6.07) is 0. The van der Waals surface area contributed by atoms with Gasteiger partial charge in [-0.05, 0) is 12.5 Å². The number of carbonyl (C=O) groups excluding carboxylic acids is 1. The van der Waals surface area contributed by atoms with Crippen LogP contribution in [0.15, 0.2) is 11.2 Å². The van der Waals surface area contributed by atoms with Gasteiger partial charge in [0, 0.05) is 18.6 Å². The topological polar surface area (TPSA) is 66.8 Å². The van der Waals surface area contributed by atoms with Crippen LogP contribution in [-0.4, -0.2) is 34.1 Å². The van der Waals surface area contributed by atoms with Crippen LogP contribution in [0, 0.1) is 0 Å². The first-order valence-corrected chi connectivity index (χ1v) is 5.97. The number of hydrogen-bond donors (Lipinski definition) is 2. The number of ether oxygens (including phenoxy) is 1. The van der Waals surface area contributed by atoms with Crippen LogP contribution < -0.4 is 0 Å². The molecule has 0 aliphatic carbocycles. The number of carbonyl (C=O) groups is 1. The Morgan fingerprint density at radius 3 is 3.00 bits per heavy atom. The van der Waals surface area contributed by atoms with Crippen molar-refractivity contribution in [2.75, 3.05) is 12.4 Å². The van der Waals surface area contributed by atoms with Gasteiger partial charge in [0.15, 0.2) is 0 Å². The number of hydrogen-bond acceptors (Lipinski definition) is 5. The zero-order chi connectivity index (χ0) is 11.3. The Bertz CT molecular complexity index is 264. The molecule has 0 aromatic rings. The number of aliphatic hydroxyl groups is 2. The summed E-state index contributed by atoms with van der Waals surface area (Å²) < 4.78 is 4.93. The Labute approximate surface area is 93.3 Å². The zero-order valence-corrected chi connectivity index (χ0v) is 9.55. The second kappa shape index (κ2) is 5.42. The predicted octanol–water partition coefficient (Wildman–Crippen LogP) is 1.60. The molecule has 0 amide bonds. The van der Waals surface area contributed by atoms with Crippen molar-refractivity contribution in [2.45, 2.75) is 31.8 Å². The average Bonchev–Trinajstić information content (AvgIpc) is 2.47. The third-order valence-electron chi connectivity index (χ3n) is 2.11. The monoisotopic (exact) mass is 232 g/mol. The van der Waals surface area contributed by atoms with Crippen molar-refractivity contribution in [3.63, 3.8) is 0 Å². The van der Waals surface area contributed by atoms with Crippen molar-refractivity contribution in [1.29, 1.82) is 0 Å².